The van der Waals surface area contributed by atoms with Gasteiger partial charge in [0.15, 0.2) is 0 Å². The molecule has 0 radical (unpaired) electrons. The van der Waals surface area contributed by atoms with Gasteiger partial charge in [0.2, 0.25) is 5.91 Å². The molecule has 2 aliphatic heterocycles. The van der Waals surface area contributed by atoms with E-state index in [1.807, 2.05) is 6.07 Å². The largest absolute Gasteiger partial charge is 0.350 e. The van der Waals surface area contributed by atoms with Crippen molar-refractivity contribution in [1.29, 1.82) is 0 Å². The van der Waals surface area contributed by atoms with Gasteiger partial charge >= 0.3 is 0 Å². The first-order chi connectivity index (χ1) is 11.1. The lowest BCUT2D eigenvalue weighted by Crippen LogP contribution is -2.37. The Balaban J connectivity index is 0.00000208. The molecular weight excluding hydrogens is 350 g/mol. The van der Waals surface area contributed by atoms with E-state index >= 15 is 0 Å². The fourth-order valence-electron chi connectivity index (χ4n) is 2.78. The molecule has 0 aromatic heterocycles. The van der Waals surface area contributed by atoms with Crippen LogP contribution in [-0.2, 0) is 11.3 Å². The molecule has 130 valence electrons. The number of hydrogen-bond donors (Lipinski definition) is 2. The summed E-state index contributed by atoms with van der Waals surface area (Å²) in [6.45, 7) is 1.84. The summed E-state index contributed by atoms with van der Waals surface area (Å²) in [7, 11) is 0. The van der Waals surface area contributed by atoms with E-state index in [0.29, 0.717) is 18.2 Å². The van der Waals surface area contributed by atoms with Gasteiger partial charge in [0.05, 0.1) is 12.3 Å². The maximum atomic E-state index is 12.2. The lowest BCUT2D eigenvalue weighted by Gasteiger charge is -2.14. The summed E-state index contributed by atoms with van der Waals surface area (Å²) < 4.78 is 0. The van der Waals surface area contributed by atoms with Crippen LogP contribution < -0.4 is 10.6 Å². The van der Waals surface area contributed by atoms with E-state index in [0.717, 1.165) is 36.7 Å². The number of nitrogens with one attached hydrogen (secondary N) is 2. The monoisotopic (exact) mass is 369 g/mol. The number of rotatable bonds is 5. The van der Waals surface area contributed by atoms with Crippen molar-refractivity contribution in [3.05, 3.63) is 35.4 Å². The van der Waals surface area contributed by atoms with Gasteiger partial charge in [0.25, 0.3) is 11.1 Å². The Hall–Kier alpha value is -1.57. The van der Waals surface area contributed by atoms with Crippen LogP contribution >= 0.6 is 24.2 Å². The molecule has 8 heteroatoms. The highest BCUT2D eigenvalue weighted by Gasteiger charge is 2.29. The Bertz CT molecular complexity index is 619. The number of carbonyl (C=O) groups is 3. The van der Waals surface area contributed by atoms with Gasteiger partial charge in [-0.05, 0) is 37.1 Å². The summed E-state index contributed by atoms with van der Waals surface area (Å²) in [5.74, 6) is -0.107. The average Bonchev–Trinajstić information content (AvgIpc) is 3.18. The normalized spacial score (nSPS) is 20.2. The van der Waals surface area contributed by atoms with Crippen LogP contribution in [-0.4, -0.2) is 46.8 Å². The second-order valence-corrected chi connectivity index (χ2v) is 6.66. The molecule has 2 N–H and O–H groups in total. The predicted molar refractivity (Wildman–Crippen MR) is 95.5 cm³/mol. The summed E-state index contributed by atoms with van der Waals surface area (Å²) in [5.41, 5.74) is 1.33. The third-order valence-electron chi connectivity index (χ3n) is 4.04. The molecule has 1 atom stereocenters. The van der Waals surface area contributed by atoms with E-state index < -0.39 is 0 Å². The zero-order valence-electron chi connectivity index (χ0n) is 13.1. The van der Waals surface area contributed by atoms with Crippen LogP contribution in [0.3, 0.4) is 0 Å². The van der Waals surface area contributed by atoms with Gasteiger partial charge in [0.1, 0.15) is 0 Å². The molecule has 2 heterocycles. The maximum Gasteiger partial charge on any atom is 0.289 e. The van der Waals surface area contributed by atoms with Gasteiger partial charge < -0.3 is 10.6 Å². The molecule has 3 amide bonds. The van der Waals surface area contributed by atoms with E-state index in [1.54, 1.807) is 18.2 Å². The number of nitrogens with zero attached hydrogens (tertiary/aromatic N) is 1. The fraction of sp³-hybridized carbons (Fsp3) is 0.438. The van der Waals surface area contributed by atoms with Crippen LogP contribution in [0.4, 0.5) is 4.79 Å². The smallest absolute Gasteiger partial charge is 0.289 e. The summed E-state index contributed by atoms with van der Waals surface area (Å²) >= 11 is 1.02. The first-order valence-corrected chi connectivity index (χ1v) is 8.69. The Morgan fingerprint density at radius 2 is 2.21 bits per heavy atom. The molecule has 1 aromatic carbocycles. The Labute approximate surface area is 151 Å². The van der Waals surface area contributed by atoms with Crippen molar-refractivity contribution in [1.82, 2.24) is 15.5 Å². The predicted octanol–water partition coefficient (Wildman–Crippen LogP) is 1.79. The van der Waals surface area contributed by atoms with Crippen molar-refractivity contribution in [3.63, 3.8) is 0 Å². The minimum atomic E-state index is -0.225. The first kappa shape index (κ1) is 18.8. The van der Waals surface area contributed by atoms with Crippen LogP contribution in [0, 0.1) is 0 Å². The van der Waals surface area contributed by atoms with Crippen molar-refractivity contribution < 1.29 is 14.4 Å². The lowest BCUT2D eigenvalue weighted by molar-refractivity contribution is -0.125. The van der Waals surface area contributed by atoms with E-state index in [1.165, 1.54) is 4.90 Å². The maximum absolute atomic E-state index is 12.2. The molecule has 6 nitrogen and oxygen atoms in total. The minimum absolute atomic E-state index is 0. The topological polar surface area (TPSA) is 78.5 Å². The molecule has 0 spiro atoms. The SMILES string of the molecule is Cl.O=C(NCC1CCCN1)c1cccc(CN2C(=O)CSC2=O)c1. The van der Waals surface area contributed by atoms with Gasteiger partial charge in [-0.15, -0.1) is 12.4 Å². The van der Waals surface area contributed by atoms with Crippen molar-refractivity contribution in [2.75, 3.05) is 18.8 Å². The second-order valence-electron chi connectivity index (χ2n) is 5.74. The van der Waals surface area contributed by atoms with E-state index in [4.69, 9.17) is 0 Å². The molecule has 1 aromatic rings. The molecule has 0 aliphatic carbocycles. The van der Waals surface area contributed by atoms with Gasteiger partial charge in [-0.2, -0.15) is 0 Å². The Morgan fingerprint density at radius 1 is 1.38 bits per heavy atom. The van der Waals surface area contributed by atoms with Crippen LogP contribution in [0.1, 0.15) is 28.8 Å². The highest BCUT2D eigenvalue weighted by Crippen LogP contribution is 2.21. The number of benzene rings is 1. The molecule has 0 bridgehead atoms. The standard InChI is InChI=1S/C16H19N3O3S.ClH/c20-14-10-23-16(22)19(14)9-11-3-1-4-12(7-11)15(21)18-8-13-5-2-6-17-13;/h1,3-4,7,13,17H,2,5-6,8-10H2,(H,18,21);1H. The van der Waals surface area contributed by atoms with Crippen LogP contribution in [0.25, 0.3) is 0 Å². The molecular formula is C16H20ClN3O3S. The quantitative estimate of drug-likeness (QED) is 0.827. The number of halogens is 1. The Morgan fingerprint density at radius 3 is 2.88 bits per heavy atom. The van der Waals surface area contributed by atoms with Gasteiger partial charge in [-0.1, -0.05) is 23.9 Å². The highest BCUT2D eigenvalue weighted by molar-refractivity contribution is 8.14. The summed E-state index contributed by atoms with van der Waals surface area (Å²) in [5, 5.41) is 6.04. The number of imide groups is 1. The molecule has 3 rings (SSSR count). The highest BCUT2D eigenvalue weighted by atomic mass is 35.5. The van der Waals surface area contributed by atoms with Gasteiger partial charge in [-0.25, -0.2) is 0 Å². The van der Waals surface area contributed by atoms with Gasteiger partial charge in [-0.3, -0.25) is 19.3 Å². The van der Waals surface area contributed by atoms with Gasteiger partial charge in [0, 0.05) is 18.2 Å². The van der Waals surface area contributed by atoms with E-state index in [-0.39, 0.29) is 41.8 Å². The third-order valence-corrected chi connectivity index (χ3v) is 4.90. The average molecular weight is 370 g/mol. The van der Waals surface area contributed by atoms with Crippen LogP contribution in [0.15, 0.2) is 24.3 Å². The molecule has 24 heavy (non-hydrogen) atoms. The summed E-state index contributed by atoms with van der Waals surface area (Å²) in [4.78, 5) is 36.7. The van der Waals surface area contributed by atoms with Crippen molar-refractivity contribution in [2.24, 2.45) is 0 Å². The van der Waals surface area contributed by atoms with E-state index in [9.17, 15) is 14.4 Å². The first-order valence-electron chi connectivity index (χ1n) is 7.71. The van der Waals surface area contributed by atoms with Crippen LogP contribution in [0.5, 0.6) is 0 Å². The lowest BCUT2D eigenvalue weighted by atomic mass is 10.1. The number of hydrogen-bond acceptors (Lipinski definition) is 5. The van der Waals surface area contributed by atoms with Crippen LogP contribution in [0.2, 0.25) is 0 Å². The molecule has 2 fully saturated rings. The van der Waals surface area contributed by atoms with Crippen molar-refractivity contribution in [2.45, 2.75) is 25.4 Å². The second kappa shape index (κ2) is 8.50. The van der Waals surface area contributed by atoms with Crippen molar-refractivity contribution in [3.8, 4) is 0 Å². The number of thioether (sulfide) groups is 1. The fourth-order valence-corrected chi connectivity index (χ4v) is 3.50. The number of amides is 3. The van der Waals surface area contributed by atoms with E-state index in [2.05, 4.69) is 10.6 Å². The van der Waals surface area contributed by atoms with Crippen molar-refractivity contribution >= 4 is 41.2 Å². The Kier molecular flexibility index (Phi) is 6.65. The molecule has 2 aliphatic rings. The molecule has 2 saturated heterocycles. The summed E-state index contributed by atoms with van der Waals surface area (Å²) in [6.07, 6.45) is 2.23. The zero-order valence-corrected chi connectivity index (χ0v) is 14.8. The molecule has 1 unspecified atom stereocenters. The zero-order chi connectivity index (χ0) is 16.2. The third kappa shape index (κ3) is 4.49. The summed E-state index contributed by atoms with van der Waals surface area (Å²) in [6, 6.07) is 7.42. The molecule has 0 saturated carbocycles. The number of carbonyl (C=O) groups excluding carboxylic acids is 3. The minimum Gasteiger partial charge on any atom is -0.350 e.